The molecule has 2 N–H and O–H groups in total. The number of halogens is 3. The van der Waals surface area contributed by atoms with E-state index in [1.165, 1.54) is 48.1 Å². The van der Waals surface area contributed by atoms with Gasteiger partial charge in [-0.2, -0.15) is 18.2 Å². The van der Waals surface area contributed by atoms with Gasteiger partial charge in [0.05, 0.1) is 5.56 Å². The highest BCUT2D eigenvalue weighted by Crippen LogP contribution is 2.49. The van der Waals surface area contributed by atoms with Crippen LogP contribution in [0.2, 0.25) is 0 Å². The lowest BCUT2D eigenvalue weighted by atomic mass is 9.76. The van der Waals surface area contributed by atoms with Crippen molar-refractivity contribution >= 4 is 23.5 Å². The summed E-state index contributed by atoms with van der Waals surface area (Å²) in [6, 6.07) is 5.64. The van der Waals surface area contributed by atoms with Gasteiger partial charge in [-0.1, -0.05) is 25.5 Å². The summed E-state index contributed by atoms with van der Waals surface area (Å²) in [4.78, 5) is 19.8. The van der Waals surface area contributed by atoms with Crippen molar-refractivity contribution < 1.29 is 13.2 Å². The van der Waals surface area contributed by atoms with Gasteiger partial charge < -0.3 is 10.6 Å². The number of anilines is 2. The maximum Gasteiger partial charge on any atom is 0.446 e. The number of nitrogen functional groups attached to an aromatic ring is 1. The van der Waals surface area contributed by atoms with E-state index in [0.29, 0.717) is 16.9 Å². The molecule has 0 unspecified atom stereocenters. The average Bonchev–Trinajstić information content (AvgIpc) is 3.06. The molecule has 0 radical (unpaired) electrons. The molecule has 9 heteroatoms. The average molecular weight is 453 g/mol. The van der Waals surface area contributed by atoms with Crippen molar-refractivity contribution in [2.24, 2.45) is 18.4 Å². The van der Waals surface area contributed by atoms with Gasteiger partial charge in [0.25, 0.3) is 5.56 Å². The fraction of sp³-hybridized carbons (Fsp3) is 0.545. The number of rotatable bonds is 3. The Labute approximate surface area is 183 Å². The molecule has 2 fully saturated rings. The number of benzene rings is 1. The number of aromatic nitrogens is 2. The second-order valence-electron chi connectivity index (χ2n) is 8.94. The van der Waals surface area contributed by atoms with Crippen LogP contribution < -0.4 is 16.2 Å². The molecular weight excluding hydrogens is 425 g/mol. The van der Waals surface area contributed by atoms with Crippen LogP contribution in [0, 0.1) is 11.3 Å². The largest absolute Gasteiger partial charge is 0.446 e. The SMILES string of the molecule is C[C@H]1CCC2(CCN(c3nc(N)c(-c4ccc(SC(F)(F)F)cc4)c(=O)n3C)CC2)C1. The van der Waals surface area contributed by atoms with E-state index >= 15 is 0 Å². The van der Waals surface area contributed by atoms with Crippen molar-refractivity contribution in [1.82, 2.24) is 9.55 Å². The zero-order valence-corrected chi connectivity index (χ0v) is 18.5. The van der Waals surface area contributed by atoms with Crippen LogP contribution in [0.3, 0.4) is 0 Å². The second kappa shape index (κ2) is 8.07. The molecule has 168 valence electrons. The van der Waals surface area contributed by atoms with Gasteiger partial charge in [-0.05, 0) is 66.5 Å². The molecule has 0 amide bonds. The van der Waals surface area contributed by atoms with E-state index in [-0.39, 0.29) is 33.6 Å². The normalized spacial score (nSPS) is 21.1. The van der Waals surface area contributed by atoms with Crippen molar-refractivity contribution in [1.29, 1.82) is 0 Å². The maximum absolute atomic E-state index is 13.1. The molecular formula is C22H27F3N4OS. The van der Waals surface area contributed by atoms with Crippen molar-refractivity contribution in [3.8, 4) is 11.1 Å². The minimum Gasteiger partial charge on any atom is -0.383 e. The summed E-state index contributed by atoms with van der Waals surface area (Å²) >= 11 is -0.192. The standard InChI is InChI=1S/C22H27F3N4OS/c1-14-7-8-21(13-14)9-11-29(12-10-21)20-27-18(26)17(19(30)28(20)2)15-3-5-16(6-4-15)31-22(23,24)25/h3-6,14H,7-13,26H2,1-2H3/t14-/m0/s1. The maximum atomic E-state index is 13.1. The minimum absolute atomic E-state index is 0.0553. The van der Waals surface area contributed by atoms with Crippen molar-refractivity contribution in [3.63, 3.8) is 0 Å². The first-order chi connectivity index (χ1) is 14.6. The smallest absolute Gasteiger partial charge is 0.383 e. The third-order valence-corrected chi connectivity index (χ3v) is 7.47. The molecule has 0 bridgehead atoms. The Kier molecular flexibility index (Phi) is 5.74. The molecule has 2 aromatic rings. The molecule has 1 atom stereocenters. The molecule has 2 aliphatic rings. The molecule has 1 aliphatic heterocycles. The summed E-state index contributed by atoms with van der Waals surface area (Å²) in [6.07, 6.45) is 6.02. The fourth-order valence-electron chi connectivity index (χ4n) is 5.12. The number of alkyl halides is 3. The van der Waals surface area contributed by atoms with Gasteiger partial charge in [0.15, 0.2) is 0 Å². The van der Waals surface area contributed by atoms with E-state index in [9.17, 15) is 18.0 Å². The quantitative estimate of drug-likeness (QED) is 0.661. The van der Waals surface area contributed by atoms with Crippen LogP contribution >= 0.6 is 11.8 Å². The van der Waals surface area contributed by atoms with E-state index in [1.54, 1.807) is 7.05 Å². The van der Waals surface area contributed by atoms with E-state index in [4.69, 9.17) is 5.73 Å². The first-order valence-corrected chi connectivity index (χ1v) is 11.4. The van der Waals surface area contributed by atoms with Crippen LogP contribution in [0.25, 0.3) is 11.1 Å². The zero-order chi connectivity index (χ0) is 22.4. The Hall–Kier alpha value is -2.16. The van der Waals surface area contributed by atoms with Gasteiger partial charge >= 0.3 is 5.51 Å². The summed E-state index contributed by atoms with van der Waals surface area (Å²) in [5, 5.41) is 0. The molecule has 4 rings (SSSR count). The number of hydrogen-bond acceptors (Lipinski definition) is 5. The Morgan fingerprint density at radius 2 is 1.81 bits per heavy atom. The summed E-state index contributed by atoms with van der Waals surface area (Å²) in [6.45, 7) is 4.00. The fourth-order valence-corrected chi connectivity index (χ4v) is 5.65. The van der Waals surface area contributed by atoms with Crippen LogP contribution in [0.5, 0.6) is 0 Å². The lowest BCUT2D eigenvalue weighted by Gasteiger charge is -2.40. The lowest BCUT2D eigenvalue weighted by Crippen LogP contribution is -2.42. The van der Waals surface area contributed by atoms with Crippen LogP contribution in [0.15, 0.2) is 34.0 Å². The molecule has 1 aromatic heterocycles. The molecule has 5 nitrogen and oxygen atoms in total. The topological polar surface area (TPSA) is 64.2 Å². The third kappa shape index (κ3) is 4.56. The van der Waals surface area contributed by atoms with Crippen molar-refractivity contribution in [2.45, 2.75) is 49.4 Å². The zero-order valence-electron chi connectivity index (χ0n) is 17.7. The number of nitrogens with zero attached hydrogens (tertiary/aromatic N) is 3. The monoisotopic (exact) mass is 452 g/mol. The van der Waals surface area contributed by atoms with Gasteiger partial charge in [0.1, 0.15) is 5.82 Å². The summed E-state index contributed by atoms with van der Waals surface area (Å²) < 4.78 is 39.2. The Morgan fingerprint density at radius 1 is 1.16 bits per heavy atom. The van der Waals surface area contributed by atoms with Crippen LogP contribution in [-0.4, -0.2) is 28.1 Å². The lowest BCUT2D eigenvalue weighted by molar-refractivity contribution is -0.0328. The molecule has 2 heterocycles. The van der Waals surface area contributed by atoms with Gasteiger partial charge in [0, 0.05) is 25.0 Å². The molecule has 1 spiro atoms. The first-order valence-electron chi connectivity index (χ1n) is 10.5. The van der Waals surface area contributed by atoms with Gasteiger partial charge in [-0.3, -0.25) is 9.36 Å². The van der Waals surface area contributed by atoms with Gasteiger partial charge in [-0.15, -0.1) is 0 Å². The summed E-state index contributed by atoms with van der Waals surface area (Å²) in [5.74, 6) is 1.44. The predicted octanol–water partition coefficient (Wildman–Crippen LogP) is 5.05. The summed E-state index contributed by atoms with van der Waals surface area (Å²) in [7, 11) is 1.67. The van der Waals surface area contributed by atoms with E-state index in [0.717, 1.165) is 31.8 Å². The predicted molar refractivity (Wildman–Crippen MR) is 118 cm³/mol. The Morgan fingerprint density at radius 3 is 2.35 bits per heavy atom. The molecule has 1 saturated heterocycles. The molecule has 31 heavy (non-hydrogen) atoms. The third-order valence-electron chi connectivity index (χ3n) is 6.73. The van der Waals surface area contributed by atoms with Crippen LogP contribution in [0.1, 0.15) is 39.0 Å². The highest BCUT2D eigenvalue weighted by Gasteiger charge is 2.40. The number of thioether (sulfide) groups is 1. The second-order valence-corrected chi connectivity index (χ2v) is 10.1. The first kappa shape index (κ1) is 22.0. The summed E-state index contributed by atoms with van der Waals surface area (Å²) in [5.41, 5.74) is 2.61. The Balaban J connectivity index is 1.57. The van der Waals surface area contributed by atoms with Crippen LogP contribution in [-0.2, 0) is 7.05 Å². The van der Waals surface area contributed by atoms with Crippen LogP contribution in [0.4, 0.5) is 24.9 Å². The van der Waals surface area contributed by atoms with E-state index in [2.05, 4.69) is 16.8 Å². The minimum atomic E-state index is -4.36. The van der Waals surface area contributed by atoms with Crippen molar-refractivity contribution in [2.75, 3.05) is 23.7 Å². The Bertz CT molecular complexity index is 1010. The highest BCUT2D eigenvalue weighted by atomic mass is 32.2. The van der Waals surface area contributed by atoms with E-state index in [1.807, 2.05) is 0 Å². The number of nitrogens with two attached hydrogens (primary N) is 1. The highest BCUT2D eigenvalue weighted by molar-refractivity contribution is 8.00. The van der Waals surface area contributed by atoms with E-state index < -0.39 is 5.51 Å². The van der Waals surface area contributed by atoms with Crippen molar-refractivity contribution in [3.05, 3.63) is 34.6 Å². The molecule has 1 saturated carbocycles. The number of hydrogen-bond donors (Lipinski definition) is 1. The number of piperidine rings is 1. The molecule has 1 aliphatic carbocycles. The molecule has 1 aromatic carbocycles. The van der Waals surface area contributed by atoms with Gasteiger partial charge in [0.2, 0.25) is 5.95 Å². The van der Waals surface area contributed by atoms with Gasteiger partial charge in [-0.25, -0.2) is 0 Å².